The average molecular weight is 555 g/mol. The molecule has 0 fully saturated rings. The Balaban J connectivity index is 1.23. The van der Waals surface area contributed by atoms with Crippen molar-refractivity contribution in [1.82, 2.24) is 0 Å². The van der Waals surface area contributed by atoms with Gasteiger partial charge < -0.3 is 15.6 Å². The Hall–Kier alpha value is -5.28. The molecular formula is C40H30N2O. The van der Waals surface area contributed by atoms with Crippen molar-refractivity contribution >= 4 is 22.2 Å². The smallest absolute Gasteiger partial charge is 0.132 e. The Morgan fingerprint density at radius 3 is 2.00 bits per heavy atom. The van der Waals surface area contributed by atoms with Crippen molar-refractivity contribution < 1.29 is 4.74 Å². The minimum atomic E-state index is -0.547. The molecule has 0 saturated heterocycles. The highest BCUT2D eigenvalue weighted by atomic mass is 16.5. The zero-order valence-electron chi connectivity index (χ0n) is 23.9. The van der Waals surface area contributed by atoms with E-state index >= 15 is 0 Å². The normalized spacial score (nSPS) is 14.3. The van der Waals surface area contributed by atoms with Crippen LogP contribution in [0, 0.1) is 16.7 Å². The summed E-state index contributed by atoms with van der Waals surface area (Å²) >= 11 is 0. The lowest BCUT2D eigenvalue weighted by molar-refractivity contribution is 0.436. The largest absolute Gasteiger partial charge is 0.457 e. The Morgan fingerprint density at radius 2 is 1.23 bits per heavy atom. The Labute approximate surface area is 251 Å². The summed E-state index contributed by atoms with van der Waals surface area (Å²) in [6, 6.07) is 46.3. The number of nitrogens with one attached hydrogen (secondary N) is 2. The van der Waals surface area contributed by atoms with Crippen molar-refractivity contribution in [3.8, 4) is 22.6 Å². The maximum absolute atomic E-state index is 9.25. The van der Waals surface area contributed by atoms with Crippen molar-refractivity contribution in [1.29, 1.82) is 10.8 Å². The monoisotopic (exact) mass is 554 g/mol. The van der Waals surface area contributed by atoms with Crippen molar-refractivity contribution in [2.75, 3.05) is 0 Å². The number of hydrogen-bond acceptors (Lipinski definition) is 3. The van der Waals surface area contributed by atoms with E-state index in [-0.39, 0.29) is 5.92 Å². The molecule has 1 aliphatic heterocycles. The van der Waals surface area contributed by atoms with E-state index in [1.807, 2.05) is 42.5 Å². The van der Waals surface area contributed by atoms with Gasteiger partial charge in [-0.25, -0.2) is 0 Å². The number of rotatable bonds is 5. The van der Waals surface area contributed by atoms with Gasteiger partial charge in [0.2, 0.25) is 0 Å². The molecule has 6 aromatic rings. The minimum Gasteiger partial charge on any atom is -0.457 e. The van der Waals surface area contributed by atoms with Crippen molar-refractivity contribution in [3.05, 3.63) is 167 Å². The fraction of sp³-hybridized carbons (Fsp3) is 0.100. The van der Waals surface area contributed by atoms with Crippen molar-refractivity contribution in [3.63, 3.8) is 0 Å². The Kier molecular flexibility index (Phi) is 5.70. The molecular weight excluding hydrogens is 524 g/mol. The first-order valence-corrected chi connectivity index (χ1v) is 14.8. The van der Waals surface area contributed by atoms with Gasteiger partial charge in [-0.3, -0.25) is 0 Å². The Morgan fingerprint density at radius 1 is 0.628 bits per heavy atom. The maximum Gasteiger partial charge on any atom is 0.132 e. The van der Waals surface area contributed by atoms with E-state index in [1.54, 1.807) is 0 Å². The highest BCUT2D eigenvalue weighted by Crippen LogP contribution is 2.62. The number of fused-ring (bicyclic) bond motifs is 10. The van der Waals surface area contributed by atoms with Crippen LogP contribution in [0.2, 0.25) is 0 Å². The molecule has 0 bridgehead atoms. The number of ether oxygens (including phenoxy) is 1. The van der Waals surface area contributed by atoms with Crippen LogP contribution in [-0.4, -0.2) is 11.4 Å². The van der Waals surface area contributed by atoms with Gasteiger partial charge in [0.15, 0.2) is 0 Å². The molecule has 3 heteroatoms. The SMILES string of the molecule is CC(CC(=N)c1ccc2c(c1)C1(c3ccccc3O2)c2ccccc2-c2ccccc21)C(=N)c1cccc2ccccc12. The highest BCUT2D eigenvalue weighted by Gasteiger charge is 2.51. The first-order valence-electron chi connectivity index (χ1n) is 14.8. The summed E-state index contributed by atoms with van der Waals surface area (Å²) < 4.78 is 6.54. The summed E-state index contributed by atoms with van der Waals surface area (Å²) in [5, 5.41) is 20.5. The molecule has 1 heterocycles. The van der Waals surface area contributed by atoms with Crippen LogP contribution in [0.3, 0.4) is 0 Å². The Bertz CT molecular complexity index is 2060. The van der Waals surface area contributed by atoms with Crippen molar-refractivity contribution in [2.24, 2.45) is 5.92 Å². The van der Waals surface area contributed by atoms with Gasteiger partial charge in [-0.2, -0.15) is 0 Å². The number of benzene rings is 6. The van der Waals surface area contributed by atoms with Gasteiger partial charge in [0, 0.05) is 34.0 Å². The van der Waals surface area contributed by atoms with Gasteiger partial charge in [-0.15, -0.1) is 0 Å². The molecule has 0 amide bonds. The summed E-state index contributed by atoms with van der Waals surface area (Å²) in [4.78, 5) is 0. The van der Waals surface area contributed by atoms with Crippen LogP contribution in [0.25, 0.3) is 21.9 Å². The molecule has 206 valence electrons. The molecule has 1 spiro atoms. The summed E-state index contributed by atoms with van der Waals surface area (Å²) in [5.74, 6) is 1.56. The molecule has 0 aromatic heterocycles. The first-order chi connectivity index (χ1) is 21.1. The van der Waals surface area contributed by atoms with E-state index in [1.165, 1.54) is 22.3 Å². The minimum absolute atomic E-state index is 0.117. The molecule has 8 rings (SSSR count). The predicted molar refractivity (Wildman–Crippen MR) is 175 cm³/mol. The average Bonchev–Trinajstić information content (AvgIpc) is 3.35. The van der Waals surface area contributed by atoms with Gasteiger partial charge in [0.25, 0.3) is 0 Å². The summed E-state index contributed by atoms with van der Waals surface area (Å²) in [5.41, 5.74) is 9.46. The van der Waals surface area contributed by atoms with Gasteiger partial charge in [-0.1, -0.05) is 116 Å². The zero-order valence-corrected chi connectivity index (χ0v) is 23.9. The molecule has 0 saturated carbocycles. The number of para-hydroxylation sites is 1. The van der Waals surface area contributed by atoms with E-state index in [0.717, 1.165) is 44.5 Å². The molecule has 1 aliphatic carbocycles. The molecule has 6 aromatic carbocycles. The molecule has 43 heavy (non-hydrogen) atoms. The molecule has 3 nitrogen and oxygen atoms in total. The lowest BCUT2D eigenvalue weighted by Gasteiger charge is -2.39. The fourth-order valence-corrected chi connectivity index (χ4v) is 7.30. The van der Waals surface area contributed by atoms with Crippen molar-refractivity contribution in [2.45, 2.75) is 18.8 Å². The molecule has 1 unspecified atom stereocenters. The third-order valence-electron chi connectivity index (χ3n) is 9.28. The molecule has 0 radical (unpaired) electrons. The summed E-state index contributed by atoms with van der Waals surface area (Å²) in [6.45, 7) is 2.06. The van der Waals surface area contributed by atoms with Gasteiger partial charge in [0.05, 0.1) is 5.41 Å². The van der Waals surface area contributed by atoms with Crippen LogP contribution in [0.5, 0.6) is 11.5 Å². The topological polar surface area (TPSA) is 56.9 Å². The van der Waals surface area contributed by atoms with E-state index in [9.17, 15) is 5.41 Å². The van der Waals surface area contributed by atoms with Gasteiger partial charge in [0.1, 0.15) is 11.5 Å². The predicted octanol–water partition coefficient (Wildman–Crippen LogP) is 9.77. The van der Waals surface area contributed by atoms with E-state index in [0.29, 0.717) is 17.8 Å². The van der Waals surface area contributed by atoms with Crippen LogP contribution >= 0.6 is 0 Å². The van der Waals surface area contributed by atoms with Crippen LogP contribution in [0.15, 0.2) is 133 Å². The quantitative estimate of drug-likeness (QED) is 0.204. The highest BCUT2D eigenvalue weighted by molar-refractivity contribution is 6.12. The van der Waals surface area contributed by atoms with E-state index < -0.39 is 5.41 Å². The summed E-state index contributed by atoms with van der Waals surface area (Å²) in [6.07, 6.45) is 0.471. The van der Waals surface area contributed by atoms with Gasteiger partial charge in [-0.05, 0) is 69.3 Å². The fourth-order valence-electron chi connectivity index (χ4n) is 7.30. The third kappa shape index (κ3) is 3.68. The van der Waals surface area contributed by atoms with Crippen LogP contribution < -0.4 is 4.74 Å². The molecule has 2 N–H and O–H groups in total. The second-order valence-corrected chi connectivity index (χ2v) is 11.7. The van der Waals surface area contributed by atoms with Crippen LogP contribution in [-0.2, 0) is 5.41 Å². The molecule has 1 atom stereocenters. The maximum atomic E-state index is 9.25. The van der Waals surface area contributed by atoms with E-state index in [2.05, 4.69) is 97.9 Å². The van der Waals surface area contributed by atoms with Gasteiger partial charge >= 0.3 is 0 Å². The second kappa shape index (κ2) is 9.64. The van der Waals surface area contributed by atoms with E-state index in [4.69, 9.17) is 10.1 Å². The lowest BCUT2D eigenvalue weighted by Crippen LogP contribution is -2.32. The third-order valence-corrected chi connectivity index (χ3v) is 9.28. The lowest BCUT2D eigenvalue weighted by atomic mass is 9.65. The molecule has 2 aliphatic rings. The standard InChI is InChI=1S/C40H30N2O/c1-25(39(42)31-16-10-12-26-11-2-3-13-28(26)31)23-36(41)27-21-22-38-35(24-27)40(34-19-8-9-20-37(34)43-38)32-17-6-4-14-29(32)30-15-5-7-18-33(30)40/h2-22,24-25,41-42H,23H2,1H3. The summed E-state index contributed by atoms with van der Waals surface area (Å²) in [7, 11) is 0. The van der Waals surface area contributed by atoms with Crippen LogP contribution in [0.1, 0.15) is 46.7 Å². The second-order valence-electron chi connectivity index (χ2n) is 11.7. The zero-order chi connectivity index (χ0) is 29.1. The van der Waals surface area contributed by atoms with Crippen LogP contribution in [0.4, 0.5) is 0 Å². The number of hydrogen-bond donors (Lipinski definition) is 2. The first kappa shape index (κ1) is 25.4.